The molecule has 7 nitrogen and oxygen atoms in total. The van der Waals surface area contributed by atoms with Crippen LogP contribution in [0.5, 0.6) is 5.75 Å². The summed E-state index contributed by atoms with van der Waals surface area (Å²) in [4.78, 5) is 38.4. The zero-order valence-electron chi connectivity index (χ0n) is 18.4. The summed E-state index contributed by atoms with van der Waals surface area (Å²) in [6.45, 7) is 5.26. The third-order valence-electron chi connectivity index (χ3n) is 4.44. The second kappa shape index (κ2) is 12.1. The average molecular weight is 599 g/mol. The van der Waals surface area contributed by atoms with Gasteiger partial charge in [0.15, 0.2) is 5.78 Å². The fraction of sp³-hybridized carbons (Fsp3) is 0.304. The Bertz CT molecular complexity index is 1140. The number of esters is 2. The van der Waals surface area contributed by atoms with Crippen molar-refractivity contribution in [2.45, 2.75) is 27.2 Å². The Kier molecular flexibility index (Phi) is 9.83. The minimum Gasteiger partial charge on any atom is -0.494 e. The number of halogens is 2. The third kappa shape index (κ3) is 6.31. The molecular formula is C23H21Br2NO6S. The minimum absolute atomic E-state index is 0.0995. The van der Waals surface area contributed by atoms with Crippen molar-refractivity contribution in [2.75, 3.05) is 20.3 Å². The Morgan fingerprint density at radius 1 is 1.09 bits per heavy atom. The molecule has 0 atom stereocenters. The number of hydrogen-bond donors (Lipinski definition) is 0. The average Bonchev–Trinajstić information content (AvgIpc) is 3.07. The number of nitriles is 1. The van der Waals surface area contributed by atoms with E-state index in [1.807, 2.05) is 6.07 Å². The molecule has 2 rings (SSSR count). The summed E-state index contributed by atoms with van der Waals surface area (Å²) < 4.78 is 16.7. The number of benzene rings is 1. The summed E-state index contributed by atoms with van der Waals surface area (Å²) in [5, 5.41) is 9.61. The maximum absolute atomic E-state index is 13.0. The molecule has 0 unspecified atom stereocenters. The van der Waals surface area contributed by atoms with E-state index in [1.54, 1.807) is 32.9 Å². The van der Waals surface area contributed by atoms with E-state index in [0.717, 1.165) is 11.3 Å². The normalized spacial score (nSPS) is 11.0. The molecule has 1 aromatic carbocycles. The first kappa shape index (κ1) is 26.8. The number of hydrogen-bond acceptors (Lipinski definition) is 8. The Morgan fingerprint density at radius 3 is 2.18 bits per heavy atom. The van der Waals surface area contributed by atoms with Gasteiger partial charge >= 0.3 is 11.9 Å². The van der Waals surface area contributed by atoms with E-state index in [-0.39, 0.29) is 35.6 Å². The van der Waals surface area contributed by atoms with Gasteiger partial charge < -0.3 is 14.2 Å². The van der Waals surface area contributed by atoms with Gasteiger partial charge in [-0.2, -0.15) is 5.26 Å². The van der Waals surface area contributed by atoms with Crippen LogP contribution < -0.4 is 4.74 Å². The van der Waals surface area contributed by atoms with Crippen molar-refractivity contribution >= 4 is 67.0 Å². The zero-order valence-corrected chi connectivity index (χ0v) is 22.4. The van der Waals surface area contributed by atoms with Crippen LogP contribution in [0.25, 0.3) is 6.08 Å². The molecule has 0 aliphatic heterocycles. The molecule has 0 fully saturated rings. The molecule has 1 heterocycles. The van der Waals surface area contributed by atoms with Crippen LogP contribution in [0, 0.1) is 18.3 Å². The number of carbonyl (C=O) groups is 3. The molecule has 2 aromatic rings. The summed E-state index contributed by atoms with van der Waals surface area (Å²) in [5.41, 5.74) is 1.05. The highest BCUT2D eigenvalue weighted by molar-refractivity contribution is 9.11. The van der Waals surface area contributed by atoms with Crippen LogP contribution in [-0.2, 0) is 20.7 Å². The standard InChI is InChI=1S/C23H21Br2NO6S/c1-5-31-22(28)19-12(3)21(23(29)32-6-2)33-18(19)10-17(27)14(11-26)7-13-8-15(24)20(30-4)16(25)9-13/h7-9H,5-6,10H2,1-4H3/b14-7+. The minimum atomic E-state index is -0.630. The molecule has 0 N–H and O–H groups in total. The molecule has 0 aliphatic carbocycles. The van der Waals surface area contributed by atoms with E-state index in [4.69, 9.17) is 14.2 Å². The monoisotopic (exact) mass is 597 g/mol. The molecule has 33 heavy (non-hydrogen) atoms. The number of Topliss-reactive ketones (excluding diaryl/α,β-unsaturated/α-hetero) is 1. The Labute approximate surface area is 212 Å². The largest absolute Gasteiger partial charge is 0.494 e. The number of allylic oxidation sites excluding steroid dienone is 1. The van der Waals surface area contributed by atoms with Gasteiger partial charge in [-0.3, -0.25) is 4.79 Å². The van der Waals surface area contributed by atoms with Crippen LogP contribution in [-0.4, -0.2) is 38.0 Å². The molecule has 0 saturated carbocycles. The van der Waals surface area contributed by atoms with Crippen molar-refractivity contribution in [3.05, 3.63) is 53.1 Å². The summed E-state index contributed by atoms with van der Waals surface area (Å²) in [6, 6.07) is 5.35. The van der Waals surface area contributed by atoms with Crippen molar-refractivity contribution in [3.63, 3.8) is 0 Å². The molecule has 0 saturated heterocycles. The predicted octanol–water partition coefficient (Wildman–Crippen LogP) is 5.66. The van der Waals surface area contributed by atoms with E-state index >= 15 is 0 Å². The van der Waals surface area contributed by atoms with Gasteiger partial charge in [0, 0.05) is 11.3 Å². The van der Waals surface area contributed by atoms with Gasteiger partial charge in [0.25, 0.3) is 0 Å². The Hall–Kier alpha value is -2.48. The fourth-order valence-corrected chi connectivity index (χ4v) is 5.73. The van der Waals surface area contributed by atoms with Crippen LogP contribution in [0.2, 0.25) is 0 Å². The van der Waals surface area contributed by atoms with Gasteiger partial charge in [0.2, 0.25) is 0 Å². The lowest BCUT2D eigenvalue weighted by molar-refractivity contribution is -0.114. The van der Waals surface area contributed by atoms with Gasteiger partial charge in [0.05, 0.1) is 40.4 Å². The summed E-state index contributed by atoms with van der Waals surface area (Å²) >= 11 is 7.78. The Balaban J connectivity index is 2.46. The lowest BCUT2D eigenvalue weighted by Gasteiger charge is -2.08. The number of carbonyl (C=O) groups excluding carboxylic acids is 3. The SMILES string of the molecule is CCOC(=O)c1sc(CC(=O)/C(C#N)=C/c2cc(Br)c(OC)c(Br)c2)c(C(=O)OCC)c1C. The molecular weight excluding hydrogens is 578 g/mol. The van der Waals surface area contributed by atoms with E-state index in [9.17, 15) is 19.6 Å². The quantitative estimate of drug-likeness (QED) is 0.208. The molecule has 174 valence electrons. The van der Waals surface area contributed by atoms with Crippen LogP contribution >= 0.6 is 43.2 Å². The number of thiophene rings is 1. The number of methoxy groups -OCH3 is 1. The number of ketones is 1. The van der Waals surface area contributed by atoms with Gasteiger partial charge in [0.1, 0.15) is 16.7 Å². The highest BCUT2D eigenvalue weighted by atomic mass is 79.9. The van der Waals surface area contributed by atoms with Gasteiger partial charge in [-0.05, 0) is 82.0 Å². The van der Waals surface area contributed by atoms with Gasteiger partial charge in [-0.15, -0.1) is 11.3 Å². The van der Waals surface area contributed by atoms with Gasteiger partial charge in [-0.1, -0.05) is 0 Å². The fourth-order valence-electron chi connectivity index (χ4n) is 3.00. The lowest BCUT2D eigenvalue weighted by Crippen LogP contribution is -2.12. The zero-order chi connectivity index (χ0) is 24.7. The smallest absolute Gasteiger partial charge is 0.348 e. The van der Waals surface area contributed by atoms with Crippen molar-refractivity contribution in [1.82, 2.24) is 0 Å². The second-order valence-electron chi connectivity index (χ2n) is 6.58. The van der Waals surface area contributed by atoms with Gasteiger partial charge in [-0.25, -0.2) is 9.59 Å². The van der Waals surface area contributed by atoms with Crippen LogP contribution in [0.1, 0.15) is 49.9 Å². The van der Waals surface area contributed by atoms with E-state index in [0.29, 0.717) is 30.7 Å². The van der Waals surface area contributed by atoms with Crippen LogP contribution in [0.3, 0.4) is 0 Å². The summed E-state index contributed by atoms with van der Waals surface area (Å²) in [5.74, 6) is -1.12. The topological polar surface area (TPSA) is 103 Å². The number of rotatable bonds is 9. The molecule has 0 radical (unpaired) electrons. The predicted molar refractivity (Wildman–Crippen MR) is 132 cm³/mol. The highest BCUT2D eigenvalue weighted by Gasteiger charge is 2.28. The van der Waals surface area contributed by atoms with Crippen molar-refractivity contribution in [1.29, 1.82) is 5.26 Å². The first-order valence-electron chi connectivity index (χ1n) is 9.82. The molecule has 0 aliphatic rings. The van der Waals surface area contributed by atoms with E-state index in [1.165, 1.54) is 13.2 Å². The highest BCUT2D eigenvalue weighted by Crippen LogP contribution is 2.35. The van der Waals surface area contributed by atoms with E-state index in [2.05, 4.69) is 31.9 Å². The van der Waals surface area contributed by atoms with Crippen molar-refractivity contribution in [2.24, 2.45) is 0 Å². The number of nitrogens with zero attached hydrogens (tertiary/aromatic N) is 1. The van der Waals surface area contributed by atoms with Crippen molar-refractivity contribution < 1.29 is 28.6 Å². The third-order valence-corrected chi connectivity index (χ3v) is 6.89. The van der Waals surface area contributed by atoms with Crippen molar-refractivity contribution in [3.8, 4) is 11.8 Å². The maximum atomic E-state index is 13.0. The molecule has 0 spiro atoms. The summed E-state index contributed by atoms with van der Waals surface area (Å²) in [7, 11) is 1.53. The van der Waals surface area contributed by atoms with Crippen LogP contribution in [0.15, 0.2) is 26.7 Å². The molecule has 0 amide bonds. The maximum Gasteiger partial charge on any atom is 0.348 e. The second-order valence-corrected chi connectivity index (χ2v) is 9.40. The molecule has 10 heteroatoms. The molecule has 1 aromatic heterocycles. The van der Waals surface area contributed by atoms with E-state index < -0.39 is 17.7 Å². The Morgan fingerprint density at radius 2 is 1.67 bits per heavy atom. The van der Waals surface area contributed by atoms with Crippen LogP contribution in [0.4, 0.5) is 0 Å². The first-order chi connectivity index (χ1) is 15.7. The lowest BCUT2D eigenvalue weighted by atomic mass is 10.0. The molecule has 0 bridgehead atoms. The summed E-state index contributed by atoms with van der Waals surface area (Å²) in [6.07, 6.45) is 1.21. The number of ether oxygens (including phenoxy) is 3. The first-order valence-corrected chi connectivity index (χ1v) is 12.2.